The molecule has 2 aliphatic rings. The molecule has 1 heterocycles. The molecule has 1 amide bonds. The molecule has 0 saturated carbocycles. The summed E-state index contributed by atoms with van der Waals surface area (Å²) in [5, 5.41) is 3.02. The number of piperidine rings is 1. The number of rotatable bonds is 5. The number of likely N-dealkylation sites (tertiary alicyclic amines) is 1. The number of carbonyl (C=O) groups excluding carboxylic acids is 1. The van der Waals surface area contributed by atoms with Crippen molar-refractivity contribution in [2.45, 2.75) is 50.6 Å². The summed E-state index contributed by atoms with van der Waals surface area (Å²) in [6.07, 6.45) is -0.270. The summed E-state index contributed by atoms with van der Waals surface area (Å²) in [7, 11) is 2.12. The maximum atomic E-state index is 12.6. The van der Waals surface area contributed by atoms with Gasteiger partial charge in [0.15, 0.2) is 0 Å². The molecular formula is C24H27F3N2O3. The molecule has 1 saturated heterocycles. The van der Waals surface area contributed by atoms with Gasteiger partial charge in [0.2, 0.25) is 0 Å². The third-order valence-corrected chi connectivity index (χ3v) is 6.09. The molecule has 0 spiro atoms. The monoisotopic (exact) mass is 448 g/mol. The zero-order valence-corrected chi connectivity index (χ0v) is 18.0. The van der Waals surface area contributed by atoms with Crippen molar-refractivity contribution in [2.75, 3.05) is 20.1 Å². The molecule has 0 unspecified atom stereocenters. The van der Waals surface area contributed by atoms with Gasteiger partial charge in [-0.3, -0.25) is 4.79 Å². The summed E-state index contributed by atoms with van der Waals surface area (Å²) in [5.41, 5.74) is 2.67. The van der Waals surface area contributed by atoms with Crippen molar-refractivity contribution in [3.8, 4) is 11.5 Å². The van der Waals surface area contributed by atoms with Crippen LogP contribution in [0.3, 0.4) is 0 Å². The van der Waals surface area contributed by atoms with Gasteiger partial charge in [-0.05, 0) is 80.6 Å². The number of nitrogens with one attached hydrogen (secondary N) is 1. The van der Waals surface area contributed by atoms with Crippen LogP contribution in [0.4, 0.5) is 13.2 Å². The van der Waals surface area contributed by atoms with Gasteiger partial charge in [0.05, 0.1) is 0 Å². The quantitative estimate of drug-likeness (QED) is 0.739. The van der Waals surface area contributed by atoms with Gasteiger partial charge in [0.25, 0.3) is 5.91 Å². The Morgan fingerprint density at radius 2 is 1.78 bits per heavy atom. The normalized spacial score (nSPS) is 19.8. The molecule has 8 heteroatoms. The van der Waals surface area contributed by atoms with E-state index in [1.807, 2.05) is 12.1 Å². The Morgan fingerprint density at radius 1 is 1.06 bits per heavy atom. The minimum Gasteiger partial charge on any atom is -0.490 e. The molecule has 4 rings (SSSR count). The largest absolute Gasteiger partial charge is 0.573 e. The number of benzene rings is 2. The zero-order valence-electron chi connectivity index (χ0n) is 18.0. The summed E-state index contributed by atoms with van der Waals surface area (Å²) in [5.74, 6) is 0.228. The van der Waals surface area contributed by atoms with Gasteiger partial charge >= 0.3 is 6.36 Å². The predicted octanol–water partition coefficient (Wildman–Crippen LogP) is 4.35. The lowest BCUT2D eigenvalue weighted by Gasteiger charge is -2.32. The Morgan fingerprint density at radius 3 is 2.47 bits per heavy atom. The number of alkyl halides is 3. The van der Waals surface area contributed by atoms with E-state index < -0.39 is 6.36 Å². The van der Waals surface area contributed by atoms with E-state index in [4.69, 9.17) is 4.74 Å². The van der Waals surface area contributed by atoms with E-state index in [1.54, 1.807) is 0 Å². The molecule has 1 aliphatic carbocycles. The van der Waals surface area contributed by atoms with Gasteiger partial charge in [-0.1, -0.05) is 12.1 Å². The smallest absolute Gasteiger partial charge is 0.490 e. The van der Waals surface area contributed by atoms with Crippen molar-refractivity contribution < 1.29 is 27.4 Å². The average molecular weight is 448 g/mol. The number of halogens is 3. The van der Waals surface area contributed by atoms with Gasteiger partial charge in [-0.2, -0.15) is 0 Å². The minimum atomic E-state index is -4.76. The highest BCUT2D eigenvalue weighted by Gasteiger charge is 2.31. The number of nitrogens with zero attached hydrogens (tertiary/aromatic N) is 1. The van der Waals surface area contributed by atoms with Crippen molar-refractivity contribution in [1.29, 1.82) is 0 Å². The molecule has 2 aromatic carbocycles. The van der Waals surface area contributed by atoms with E-state index in [2.05, 4.69) is 28.1 Å². The van der Waals surface area contributed by atoms with Crippen LogP contribution < -0.4 is 14.8 Å². The lowest BCUT2D eigenvalue weighted by molar-refractivity contribution is -0.274. The van der Waals surface area contributed by atoms with Crippen molar-refractivity contribution in [3.63, 3.8) is 0 Å². The topological polar surface area (TPSA) is 50.8 Å². The van der Waals surface area contributed by atoms with E-state index in [0.29, 0.717) is 12.0 Å². The maximum Gasteiger partial charge on any atom is 0.573 e. The van der Waals surface area contributed by atoms with Crippen LogP contribution in [0.1, 0.15) is 40.7 Å². The van der Waals surface area contributed by atoms with Gasteiger partial charge in [-0.25, -0.2) is 0 Å². The second kappa shape index (κ2) is 9.40. The molecule has 0 aromatic heterocycles. The third kappa shape index (κ3) is 5.73. The molecule has 172 valence electrons. The SMILES string of the molecule is CN1CCC(Oc2cccc3c2C[C@H](NC(=O)c2ccc(OC(F)(F)F)cc2)CC3)CC1. The Kier molecular flexibility index (Phi) is 6.60. The van der Waals surface area contributed by atoms with Gasteiger partial charge in [0.1, 0.15) is 17.6 Å². The van der Waals surface area contributed by atoms with Gasteiger partial charge in [0, 0.05) is 24.7 Å². The second-order valence-corrected chi connectivity index (χ2v) is 8.50. The summed E-state index contributed by atoms with van der Waals surface area (Å²) in [6, 6.07) is 11.0. The van der Waals surface area contributed by atoms with Gasteiger partial charge in [-0.15, -0.1) is 13.2 Å². The number of fused-ring (bicyclic) bond motifs is 1. The number of hydrogen-bond donors (Lipinski definition) is 1. The van der Waals surface area contributed by atoms with Crippen LogP contribution >= 0.6 is 0 Å². The Hall–Kier alpha value is -2.74. The molecular weight excluding hydrogens is 421 g/mol. The first-order chi connectivity index (χ1) is 15.3. The fraction of sp³-hybridized carbons (Fsp3) is 0.458. The van der Waals surface area contributed by atoms with Crippen LogP contribution in [0.5, 0.6) is 11.5 Å². The Bertz CT molecular complexity index is 938. The number of carbonyl (C=O) groups is 1. The number of hydrogen-bond acceptors (Lipinski definition) is 4. The van der Waals surface area contributed by atoms with Crippen LogP contribution in [0, 0.1) is 0 Å². The highest BCUT2D eigenvalue weighted by Crippen LogP contribution is 2.32. The first-order valence-corrected chi connectivity index (χ1v) is 10.9. The van der Waals surface area contributed by atoms with E-state index in [1.165, 1.54) is 17.7 Å². The van der Waals surface area contributed by atoms with Gasteiger partial charge < -0.3 is 19.7 Å². The first-order valence-electron chi connectivity index (χ1n) is 10.9. The third-order valence-electron chi connectivity index (χ3n) is 6.09. The van der Waals surface area contributed by atoms with E-state index in [9.17, 15) is 18.0 Å². The highest BCUT2D eigenvalue weighted by atomic mass is 19.4. The fourth-order valence-electron chi connectivity index (χ4n) is 4.35. The fourth-order valence-corrected chi connectivity index (χ4v) is 4.35. The Labute approximate surface area is 185 Å². The molecule has 1 N–H and O–H groups in total. The summed E-state index contributed by atoms with van der Waals surface area (Å²) in [6.45, 7) is 2.04. The molecule has 1 aliphatic heterocycles. The predicted molar refractivity (Wildman–Crippen MR) is 114 cm³/mol. The van der Waals surface area contributed by atoms with Crippen LogP contribution in [-0.4, -0.2) is 49.5 Å². The van der Waals surface area contributed by atoms with Crippen molar-refractivity contribution in [2.24, 2.45) is 0 Å². The molecule has 1 fully saturated rings. The van der Waals surface area contributed by atoms with E-state index in [0.717, 1.165) is 62.2 Å². The summed E-state index contributed by atoms with van der Waals surface area (Å²) < 4.78 is 47.2. The molecule has 32 heavy (non-hydrogen) atoms. The lowest BCUT2D eigenvalue weighted by atomic mass is 9.87. The van der Waals surface area contributed by atoms with Crippen LogP contribution in [0.15, 0.2) is 42.5 Å². The summed E-state index contributed by atoms with van der Waals surface area (Å²) >= 11 is 0. The lowest BCUT2D eigenvalue weighted by Crippen LogP contribution is -2.39. The van der Waals surface area contributed by atoms with Crippen molar-refractivity contribution in [3.05, 3.63) is 59.2 Å². The molecule has 2 aromatic rings. The van der Waals surface area contributed by atoms with Crippen LogP contribution in [0.2, 0.25) is 0 Å². The molecule has 0 bridgehead atoms. The van der Waals surface area contributed by atoms with E-state index >= 15 is 0 Å². The van der Waals surface area contributed by atoms with Crippen LogP contribution in [0.25, 0.3) is 0 Å². The zero-order chi connectivity index (χ0) is 22.7. The molecule has 0 radical (unpaired) electrons. The Balaban J connectivity index is 1.39. The number of aryl methyl sites for hydroxylation is 1. The van der Waals surface area contributed by atoms with Crippen molar-refractivity contribution >= 4 is 5.91 Å². The minimum absolute atomic E-state index is 0.0664. The van der Waals surface area contributed by atoms with Crippen molar-refractivity contribution in [1.82, 2.24) is 10.2 Å². The number of ether oxygens (including phenoxy) is 2. The highest BCUT2D eigenvalue weighted by molar-refractivity contribution is 5.94. The number of amides is 1. The summed E-state index contributed by atoms with van der Waals surface area (Å²) in [4.78, 5) is 14.9. The first kappa shape index (κ1) is 22.5. The van der Waals surface area contributed by atoms with E-state index in [-0.39, 0.29) is 23.8 Å². The van der Waals surface area contributed by atoms with Crippen LogP contribution in [-0.2, 0) is 12.8 Å². The maximum absolute atomic E-state index is 12.6. The average Bonchev–Trinajstić information content (AvgIpc) is 2.75. The standard InChI is InChI=1S/C24H27F3N2O3/c1-29-13-11-19(12-14-29)31-22-4-2-3-16-5-8-18(15-21(16)22)28-23(30)17-6-9-20(10-7-17)32-24(25,26)27/h2-4,6-7,9-10,18-19H,5,8,11-15H2,1H3,(H,28,30)/t18-/m1/s1. The second-order valence-electron chi connectivity index (χ2n) is 8.50. The molecule has 5 nitrogen and oxygen atoms in total. The molecule has 1 atom stereocenters.